The molecular weight excluding hydrogens is 240 g/mol. The molecule has 0 saturated carbocycles. The normalized spacial score (nSPS) is 11.2. The van der Waals surface area contributed by atoms with Gasteiger partial charge in [-0.25, -0.2) is 0 Å². The summed E-state index contributed by atoms with van der Waals surface area (Å²) in [4.78, 5) is 1.50. The third kappa shape index (κ3) is 4.18. The summed E-state index contributed by atoms with van der Waals surface area (Å²) < 4.78 is 0. The van der Waals surface area contributed by atoms with Crippen molar-refractivity contribution in [3.63, 3.8) is 0 Å². The molecule has 0 saturated heterocycles. The van der Waals surface area contributed by atoms with Crippen LogP contribution in [0.15, 0.2) is 22.3 Å². The van der Waals surface area contributed by atoms with Crippen LogP contribution in [0, 0.1) is 23.7 Å². The summed E-state index contributed by atoms with van der Waals surface area (Å²) in [7, 11) is 0. The molecule has 16 heavy (non-hydrogen) atoms. The highest BCUT2D eigenvalue weighted by Crippen LogP contribution is 2.12. The van der Waals surface area contributed by atoms with Crippen molar-refractivity contribution in [3.8, 4) is 18.4 Å². The number of nitrogens with two attached hydrogens (primary N) is 1. The second-order valence-electron chi connectivity index (χ2n) is 2.49. The minimum absolute atomic E-state index is 0.325. The van der Waals surface area contributed by atoms with Crippen molar-refractivity contribution in [2.45, 2.75) is 0 Å². The summed E-state index contributed by atoms with van der Waals surface area (Å²) in [5.74, 6) is 2.91. The van der Waals surface area contributed by atoms with Crippen molar-refractivity contribution in [1.82, 2.24) is 0 Å². The Morgan fingerprint density at radius 3 is 3.12 bits per heavy atom. The molecule has 1 heterocycles. The van der Waals surface area contributed by atoms with Crippen LogP contribution >= 0.6 is 23.1 Å². The average molecular weight is 248 g/mol. The lowest BCUT2D eigenvalue weighted by Gasteiger charge is -1.90. The summed E-state index contributed by atoms with van der Waals surface area (Å²) >= 11 is 2.59. The quantitative estimate of drug-likeness (QED) is 0.382. The number of hydrogen-bond acceptors (Lipinski definition) is 5. The first kappa shape index (κ1) is 12.3. The third-order valence-electron chi connectivity index (χ3n) is 1.38. The Balaban J connectivity index is 2.55. The topological polar surface area (TPSA) is 74.5 Å². The van der Waals surface area contributed by atoms with Gasteiger partial charge in [-0.15, -0.1) is 22.9 Å². The maximum absolute atomic E-state index is 8.61. The molecule has 0 aliphatic heterocycles. The van der Waals surface area contributed by atoms with Crippen LogP contribution in [0.4, 0.5) is 0 Å². The van der Waals surface area contributed by atoms with Gasteiger partial charge < -0.3 is 5.73 Å². The molecule has 0 bridgehead atoms. The minimum atomic E-state index is 0.325. The van der Waals surface area contributed by atoms with E-state index >= 15 is 0 Å². The van der Waals surface area contributed by atoms with Crippen LogP contribution in [0.1, 0.15) is 9.75 Å². The average Bonchev–Trinajstić information content (AvgIpc) is 2.74. The van der Waals surface area contributed by atoms with Gasteiger partial charge in [-0.2, -0.15) is 10.4 Å². The van der Waals surface area contributed by atoms with Crippen molar-refractivity contribution in [1.29, 1.82) is 5.26 Å². The molecule has 1 aromatic rings. The van der Waals surface area contributed by atoms with Crippen LogP contribution < -0.4 is 5.73 Å². The lowest BCUT2D eigenvalue weighted by molar-refractivity contribution is 1.25. The molecule has 0 atom stereocenters. The number of rotatable bonds is 3. The Hall–Kier alpha value is -1.76. The predicted octanol–water partition coefficient (Wildman–Crippen LogP) is 1.63. The van der Waals surface area contributed by atoms with Gasteiger partial charge in [0, 0.05) is 4.88 Å². The molecule has 0 amide bonds. The molecule has 2 N–H and O–H groups in total. The van der Waals surface area contributed by atoms with Crippen molar-refractivity contribution in [3.05, 3.63) is 21.9 Å². The standard InChI is InChI=1S/C10H8N4S2/c1-2-5-15-10(12)14-13-7-9-4-3-8(6-11)16-9/h1,3-4,7H,5H2,(H2,12,14). The van der Waals surface area contributed by atoms with Crippen LogP contribution in [0.25, 0.3) is 0 Å². The van der Waals surface area contributed by atoms with Gasteiger partial charge in [0.05, 0.1) is 12.0 Å². The summed E-state index contributed by atoms with van der Waals surface area (Å²) in [6, 6.07) is 5.57. The first-order valence-electron chi connectivity index (χ1n) is 4.19. The number of thiophene rings is 1. The van der Waals surface area contributed by atoms with E-state index in [0.717, 1.165) is 4.88 Å². The van der Waals surface area contributed by atoms with E-state index < -0.39 is 0 Å². The Kier molecular flexibility index (Phi) is 5.13. The molecule has 0 aromatic carbocycles. The highest BCUT2D eigenvalue weighted by atomic mass is 32.2. The summed E-state index contributed by atoms with van der Waals surface area (Å²) in [5, 5.41) is 16.5. The molecule has 0 fully saturated rings. The lowest BCUT2D eigenvalue weighted by atomic mass is 10.4. The first-order chi connectivity index (χ1) is 7.76. The van der Waals surface area contributed by atoms with Crippen molar-refractivity contribution < 1.29 is 0 Å². The number of terminal acetylenes is 1. The number of hydrogen-bond donors (Lipinski definition) is 1. The zero-order chi connectivity index (χ0) is 11.8. The van der Waals surface area contributed by atoms with Crippen LogP contribution in [0.3, 0.4) is 0 Å². The smallest absolute Gasteiger partial charge is 0.181 e. The van der Waals surface area contributed by atoms with Gasteiger partial charge in [-0.05, 0) is 12.1 Å². The van der Waals surface area contributed by atoms with Crippen LogP contribution in [-0.4, -0.2) is 17.1 Å². The number of thioether (sulfide) groups is 1. The molecule has 6 heteroatoms. The fourth-order valence-corrected chi connectivity index (χ4v) is 1.78. The number of nitrogens with zero attached hydrogens (tertiary/aromatic N) is 3. The van der Waals surface area contributed by atoms with E-state index in [-0.39, 0.29) is 0 Å². The van der Waals surface area contributed by atoms with E-state index in [0.29, 0.717) is 15.8 Å². The molecule has 0 aliphatic carbocycles. The highest BCUT2D eigenvalue weighted by molar-refractivity contribution is 8.13. The Morgan fingerprint density at radius 1 is 1.69 bits per heavy atom. The molecule has 0 spiro atoms. The van der Waals surface area contributed by atoms with Gasteiger partial charge in [0.25, 0.3) is 0 Å². The monoisotopic (exact) mass is 248 g/mol. The van der Waals surface area contributed by atoms with E-state index in [4.69, 9.17) is 17.4 Å². The predicted molar refractivity (Wildman–Crippen MR) is 69.5 cm³/mol. The lowest BCUT2D eigenvalue weighted by Crippen LogP contribution is -2.05. The van der Waals surface area contributed by atoms with Gasteiger partial charge in [0.1, 0.15) is 10.9 Å². The maximum Gasteiger partial charge on any atom is 0.181 e. The molecular formula is C10H8N4S2. The second-order valence-corrected chi connectivity index (χ2v) is 4.60. The highest BCUT2D eigenvalue weighted by Gasteiger charge is 1.95. The Labute approximate surface area is 102 Å². The van der Waals surface area contributed by atoms with Gasteiger partial charge in [-0.3, -0.25) is 0 Å². The van der Waals surface area contributed by atoms with Crippen molar-refractivity contribution in [2.75, 3.05) is 5.75 Å². The van der Waals surface area contributed by atoms with Gasteiger partial charge in [-0.1, -0.05) is 17.7 Å². The zero-order valence-corrected chi connectivity index (χ0v) is 9.88. The second kappa shape index (κ2) is 6.67. The molecule has 80 valence electrons. The molecule has 1 rings (SSSR count). The van der Waals surface area contributed by atoms with Crippen LogP contribution in [0.5, 0.6) is 0 Å². The fraction of sp³-hybridized carbons (Fsp3) is 0.100. The summed E-state index contributed by atoms with van der Waals surface area (Å²) in [5.41, 5.74) is 5.51. The SMILES string of the molecule is C#CCSC(N)=NN=Cc1ccc(C#N)s1. The van der Waals surface area contributed by atoms with E-state index in [1.807, 2.05) is 6.07 Å². The molecule has 1 aromatic heterocycles. The molecule has 0 unspecified atom stereocenters. The number of nitriles is 1. The summed E-state index contributed by atoms with van der Waals surface area (Å²) in [6.07, 6.45) is 6.62. The molecule has 4 nitrogen and oxygen atoms in total. The first-order valence-corrected chi connectivity index (χ1v) is 5.99. The van der Waals surface area contributed by atoms with Crippen molar-refractivity contribution >= 4 is 34.5 Å². The van der Waals surface area contributed by atoms with E-state index in [9.17, 15) is 0 Å². The van der Waals surface area contributed by atoms with Gasteiger partial charge in [0.15, 0.2) is 5.17 Å². The fourth-order valence-electron chi connectivity index (χ4n) is 0.769. The third-order valence-corrected chi connectivity index (χ3v) is 2.99. The largest absolute Gasteiger partial charge is 0.377 e. The van der Waals surface area contributed by atoms with E-state index in [1.54, 1.807) is 18.3 Å². The van der Waals surface area contributed by atoms with Crippen LogP contribution in [-0.2, 0) is 0 Å². The van der Waals surface area contributed by atoms with E-state index in [2.05, 4.69) is 16.1 Å². The van der Waals surface area contributed by atoms with E-state index in [1.165, 1.54) is 23.1 Å². The van der Waals surface area contributed by atoms with Gasteiger partial charge >= 0.3 is 0 Å². The summed E-state index contributed by atoms with van der Waals surface area (Å²) in [6.45, 7) is 0. The molecule has 0 aliphatic rings. The van der Waals surface area contributed by atoms with Gasteiger partial charge in [0.2, 0.25) is 0 Å². The maximum atomic E-state index is 8.61. The zero-order valence-electron chi connectivity index (χ0n) is 8.25. The molecule has 0 radical (unpaired) electrons. The number of amidine groups is 1. The minimum Gasteiger partial charge on any atom is -0.377 e. The van der Waals surface area contributed by atoms with Crippen LogP contribution in [0.2, 0.25) is 0 Å². The van der Waals surface area contributed by atoms with Crippen molar-refractivity contribution in [2.24, 2.45) is 15.9 Å². The Morgan fingerprint density at radius 2 is 2.50 bits per heavy atom. The Bertz CT molecular complexity index is 488.